The van der Waals surface area contributed by atoms with E-state index in [1.54, 1.807) is 6.20 Å². The Morgan fingerprint density at radius 2 is 1.03 bits per heavy atom. The van der Waals surface area contributed by atoms with E-state index in [-0.39, 0.29) is 11.4 Å². The third-order valence-electron chi connectivity index (χ3n) is 6.74. The molecule has 0 radical (unpaired) electrons. The minimum Gasteiger partial charge on any atom is -0.237 e. The smallest absolute Gasteiger partial charge is 0.194 e. The Morgan fingerprint density at radius 1 is 0.600 bits per heavy atom. The van der Waals surface area contributed by atoms with Crippen molar-refractivity contribution in [1.82, 2.24) is 9.97 Å². The first kappa shape index (κ1) is 29.3. The van der Waals surface area contributed by atoms with Crippen LogP contribution in [0.25, 0.3) is 11.4 Å². The summed E-state index contributed by atoms with van der Waals surface area (Å²) in [6, 6.07) is 3.70. The van der Waals surface area contributed by atoms with Gasteiger partial charge in [0.15, 0.2) is 23.3 Å². The highest BCUT2D eigenvalue weighted by molar-refractivity contribution is 5.55. The summed E-state index contributed by atoms with van der Waals surface area (Å²) in [5, 5.41) is 0. The van der Waals surface area contributed by atoms with Crippen LogP contribution in [-0.4, -0.2) is 9.97 Å². The zero-order valence-electron chi connectivity index (χ0n) is 21.8. The molecular weight excluding hydrogens is 445 g/mol. The van der Waals surface area contributed by atoms with Crippen LogP contribution in [0.2, 0.25) is 0 Å². The molecule has 1 heterocycles. The van der Waals surface area contributed by atoms with Crippen LogP contribution in [-0.2, 0) is 6.42 Å². The number of aryl methyl sites for hydroxylation is 1. The van der Waals surface area contributed by atoms with Crippen LogP contribution in [0.15, 0.2) is 24.4 Å². The predicted molar refractivity (Wildman–Crippen MR) is 140 cm³/mol. The van der Waals surface area contributed by atoms with Gasteiger partial charge in [-0.05, 0) is 31.0 Å². The molecule has 5 heteroatoms. The van der Waals surface area contributed by atoms with Crippen molar-refractivity contribution in [1.29, 1.82) is 0 Å². The SMILES string of the molecule is CCCCCCCCCCCCCCCCCCCCc1ccnc(-c2cc(F)c(F)c(F)c2)n1. The van der Waals surface area contributed by atoms with E-state index >= 15 is 0 Å². The van der Waals surface area contributed by atoms with E-state index in [2.05, 4.69) is 16.9 Å². The third-order valence-corrected chi connectivity index (χ3v) is 6.74. The Kier molecular flexibility index (Phi) is 15.4. The highest BCUT2D eigenvalue weighted by atomic mass is 19.2. The zero-order valence-corrected chi connectivity index (χ0v) is 21.8. The van der Waals surface area contributed by atoms with Crippen molar-refractivity contribution in [3.63, 3.8) is 0 Å². The largest absolute Gasteiger partial charge is 0.237 e. The third kappa shape index (κ3) is 12.6. The van der Waals surface area contributed by atoms with E-state index in [9.17, 15) is 13.2 Å². The second-order valence-corrected chi connectivity index (χ2v) is 9.89. The van der Waals surface area contributed by atoms with E-state index in [4.69, 9.17) is 0 Å². The molecular formula is C30H45F3N2. The first-order valence-corrected chi connectivity index (χ1v) is 14.1. The Morgan fingerprint density at radius 3 is 1.49 bits per heavy atom. The first-order chi connectivity index (χ1) is 17.1. The molecule has 1 aromatic carbocycles. The molecule has 2 aromatic rings. The van der Waals surface area contributed by atoms with E-state index in [0.29, 0.717) is 0 Å². The molecule has 0 aliphatic carbocycles. The number of unbranched alkanes of at least 4 members (excludes halogenated alkanes) is 17. The van der Waals surface area contributed by atoms with Gasteiger partial charge in [-0.3, -0.25) is 0 Å². The lowest BCUT2D eigenvalue weighted by atomic mass is 10.0. The van der Waals surface area contributed by atoms with Gasteiger partial charge >= 0.3 is 0 Å². The molecule has 0 fully saturated rings. The maximum absolute atomic E-state index is 13.5. The Bertz CT molecular complexity index is 802. The normalized spacial score (nSPS) is 11.3. The quantitative estimate of drug-likeness (QED) is 0.136. The van der Waals surface area contributed by atoms with Crippen molar-refractivity contribution < 1.29 is 13.2 Å². The Hall–Kier alpha value is -1.91. The van der Waals surface area contributed by atoms with E-state index < -0.39 is 17.5 Å². The summed E-state index contributed by atoms with van der Waals surface area (Å²) in [6.07, 6.45) is 26.6. The Balaban J connectivity index is 1.44. The van der Waals surface area contributed by atoms with Crippen molar-refractivity contribution in [2.45, 2.75) is 129 Å². The monoisotopic (exact) mass is 490 g/mol. The predicted octanol–water partition coefficient (Wildman–Crippen LogP) is 10.1. The molecule has 2 nitrogen and oxygen atoms in total. The second-order valence-electron chi connectivity index (χ2n) is 9.89. The average molecular weight is 491 g/mol. The fourth-order valence-electron chi connectivity index (χ4n) is 4.57. The minimum atomic E-state index is -1.47. The molecule has 0 amide bonds. The van der Waals surface area contributed by atoms with Gasteiger partial charge in [0.05, 0.1) is 0 Å². The van der Waals surface area contributed by atoms with Crippen molar-refractivity contribution in [3.8, 4) is 11.4 Å². The van der Waals surface area contributed by atoms with Crippen LogP contribution >= 0.6 is 0 Å². The molecule has 1 aromatic heterocycles. The summed E-state index contributed by atoms with van der Waals surface area (Å²) < 4.78 is 40.2. The van der Waals surface area contributed by atoms with E-state index in [1.807, 2.05) is 6.07 Å². The average Bonchev–Trinajstić information content (AvgIpc) is 2.86. The van der Waals surface area contributed by atoms with Gasteiger partial charge < -0.3 is 0 Å². The van der Waals surface area contributed by atoms with Gasteiger partial charge in [-0.1, -0.05) is 116 Å². The number of hydrogen-bond acceptors (Lipinski definition) is 2. The van der Waals surface area contributed by atoms with Gasteiger partial charge in [0.25, 0.3) is 0 Å². The number of benzene rings is 1. The lowest BCUT2D eigenvalue weighted by molar-refractivity contribution is 0.447. The van der Waals surface area contributed by atoms with Crippen molar-refractivity contribution in [2.75, 3.05) is 0 Å². The molecule has 0 N–H and O–H groups in total. The first-order valence-electron chi connectivity index (χ1n) is 14.1. The van der Waals surface area contributed by atoms with Crippen LogP contribution in [0, 0.1) is 17.5 Å². The van der Waals surface area contributed by atoms with Gasteiger partial charge in [-0.15, -0.1) is 0 Å². The maximum Gasteiger partial charge on any atom is 0.194 e. The standard InChI is InChI=1S/C30H45F3N2/c1-2-3-4-5-6-7-8-9-10-11-12-13-14-15-16-17-18-19-20-26-21-22-34-30(35-26)25-23-27(31)29(33)28(32)24-25/h21-24H,2-20H2,1H3. The molecule has 2 rings (SSSR count). The number of nitrogens with zero attached hydrogens (tertiary/aromatic N) is 2. The molecule has 0 bridgehead atoms. The van der Waals surface area contributed by atoms with Gasteiger partial charge in [0.2, 0.25) is 0 Å². The summed E-state index contributed by atoms with van der Waals surface area (Å²) in [6.45, 7) is 2.27. The topological polar surface area (TPSA) is 25.8 Å². The van der Waals surface area contributed by atoms with Crippen LogP contribution in [0.5, 0.6) is 0 Å². The summed E-state index contributed by atoms with van der Waals surface area (Å²) >= 11 is 0. The highest BCUT2D eigenvalue weighted by Crippen LogP contribution is 2.21. The molecule has 0 aliphatic heterocycles. The molecule has 35 heavy (non-hydrogen) atoms. The molecule has 0 aliphatic rings. The fourth-order valence-corrected chi connectivity index (χ4v) is 4.57. The number of hydrogen-bond donors (Lipinski definition) is 0. The lowest BCUT2D eigenvalue weighted by Gasteiger charge is -2.06. The fraction of sp³-hybridized carbons (Fsp3) is 0.667. The van der Waals surface area contributed by atoms with Gasteiger partial charge in [-0.25, -0.2) is 23.1 Å². The zero-order chi connectivity index (χ0) is 25.1. The van der Waals surface area contributed by atoms with Crippen molar-refractivity contribution >= 4 is 0 Å². The van der Waals surface area contributed by atoms with Crippen molar-refractivity contribution in [3.05, 3.63) is 47.5 Å². The molecule has 0 atom stereocenters. The van der Waals surface area contributed by atoms with Crippen molar-refractivity contribution in [2.24, 2.45) is 0 Å². The molecule has 0 saturated carbocycles. The lowest BCUT2D eigenvalue weighted by Crippen LogP contribution is -1.98. The second kappa shape index (κ2) is 18.4. The van der Waals surface area contributed by atoms with E-state index in [1.165, 1.54) is 103 Å². The number of rotatable bonds is 20. The van der Waals surface area contributed by atoms with Gasteiger partial charge in [0, 0.05) is 17.5 Å². The van der Waals surface area contributed by atoms with Crippen LogP contribution in [0.3, 0.4) is 0 Å². The number of halogens is 3. The molecule has 196 valence electrons. The summed E-state index contributed by atoms with van der Waals surface area (Å²) in [7, 11) is 0. The summed E-state index contributed by atoms with van der Waals surface area (Å²) in [5.41, 5.74) is 0.998. The van der Waals surface area contributed by atoms with Crippen LogP contribution in [0.1, 0.15) is 128 Å². The summed E-state index contributed by atoms with van der Waals surface area (Å²) in [5.74, 6) is -3.69. The minimum absolute atomic E-state index is 0.154. The van der Waals surface area contributed by atoms with Gasteiger partial charge in [0.1, 0.15) is 0 Å². The molecule has 0 unspecified atom stereocenters. The molecule has 0 saturated heterocycles. The highest BCUT2D eigenvalue weighted by Gasteiger charge is 2.13. The maximum atomic E-state index is 13.5. The van der Waals surface area contributed by atoms with Crippen LogP contribution in [0.4, 0.5) is 13.2 Å². The summed E-state index contributed by atoms with van der Waals surface area (Å²) in [4.78, 5) is 8.49. The van der Waals surface area contributed by atoms with E-state index in [0.717, 1.165) is 37.1 Å². The molecule has 0 spiro atoms. The Labute approximate surface area is 211 Å². The van der Waals surface area contributed by atoms with Gasteiger partial charge in [-0.2, -0.15) is 0 Å². The van der Waals surface area contributed by atoms with Crippen LogP contribution < -0.4 is 0 Å². The number of aromatic nitrogens is 2.